The van der Waals surface area contributed by atoms with Crippen LogP contribution in [-0.2, 0) is 0 Å². The molecular weight excluding hydrogens is 234 g/mol. The normalized spacial score (nSPS) is 11.5. The molecular formula is C12H9N3OS. The van der Waals surface area contributed by atoms with E-state index >= 15 is 0 Å². The molecule has 0 amide bonds. The standard InChI is InChI=1S/C12H9N3OS/c16-13-8-9-10-4-1-2-6-15(10)12(14-9)11-5-3-7-17-11/h1-8,16H/b13-8+. The maximum atomic E-state index is 8.64. The highest BCUT2D eigenvalue weighted by atomic mass is 32.1. The van der Waals surface area contributed by atoms with Gasteiger partial charge in [0.2, 0.25) is 0 Å². The molecule has 0 unspecified atom stereocenters. The molecule has 0 radical (unpaired) electrons. The molecule has 3 rings (SSSR count). The van der Waals surface area contributed by atoms with E-state index in [1.54, 1.807) is 11.3 Å². The predicted octanol–water partition coefficient (Wildman–Crippen LogP) is 2.87. The second-order valence-electron chi connectivity index (χ2n) is 3.50. The van der Waals surface area contributed by atoms with Crippen molar-refractivity contribution in [1.82, 2.24) is 9.38 Å². The van der Waals surface area contributed by atoms with E-state index in [4.69, 9.17) is 5.21 Å². The van der Waals surface area contributed by atoms with Crippen LogP contribution < -0.4 is 0 Å². The molecule has 0 aliphatic heterocycles. The average Bonchev–Trinajstić information content (AvgIpc) is 2.97. The van der Waals surface area contributed by atoms with E-state index in [1.165, 1.54) is 6.21 Å². The number of aromatic nitrogens is 2. The van der Waals surface area contributed by atoms with Gasteiger partial charge in [-0.25, -0.2) is 4.98 Å². The van der Waals surface area contributed by atoms with Crippen LogP contribution >= 0.6 is 11.3 Å². The van der Waals surface area contributed by atoms with Gasteiger partial charge < -0.3 is 5.21 Å². The van der Waals surface area contributed by atoms with Crippen LogP contribution in [0.25, 0.3) is 16.2 Å². The Balaban J connectivity index is 2.32. The van der Waals surface area contributed by atoms with Gasteiger partial charge in [-0.3, -0.25) is 4.40 Å². The van der Waals surface area contributed by atoms with Crippen LogP contribution in [0.4, 0.5) is 0 Å². The first-order valence-corrected chi connectivity index (χ1v) is 5.96. The number of imidazole rings is 1. The van der Waals surface area contributed by atoms with Gasteiger partial charge in [-0.05, 0) is 23.6 Å². The monoisotopic (exact) mass is 243 g/mol. The molecule has 0 fully saturated rings. The van der Waals surface area contributed by atoms with E-state index < -0.39 is 0 Å². The highest BCUT2D eigenvalue weighted by Gasteiger charge is 2.11. The van der Waals surface area contributed by atoms with Crippen molar-refractivity contribution in [3.63, 3.8) is 0 Å². The summed E-state index contributed by atoms with van der Waals surface area (Å²) in [4.78, 5) is 5.57. The molecule has 0 bridgehead atoms. The number of hydrogen-bond acceptors (Lipinski definition) is 4. The maximum absolute atomic E-state index is 8.64. The van der Waals surface area contributed by atoms with E-state index in [0.29, 0.717) is 5.69 Å². The van der Waals surface area contributed by atoms with Crippen molar-refractivity contribution in [3.8, 4) is 10.7 Å². The largest absolute Gasteiger partial charge is 0.411 e. The number of pyridine rings is 1. The molecule has 4 nitrogen and oxygen atoms in total. The second-order valence-corrected chi connectivity index (χ2v) is 4.45. The van der Waals surface area contributed by atoms with Crippen molar-refractivity contribution in [3.05, 3.63) is 47.6 Å². The zero-order valence-corrected chi connectivity index (χ0v) is 9.63. The number of fused-ring (bicyclic) bond motifs is 1. The van der Waals surface area contributed by atoms with E-state index in [2.05, 4.69) is 10.1 Å². The van der Waals surface area contributed by atoms with Gasteiger partial charge in [-0.15, -0.1) is 11.3 Å². The summed E-state index contributed by atoms with van der Waals surface area (Å²) in [6.07, 6.45) is 3.30. The van der Waals surface area contributed by atoms with Gasteiger partial charge in [0, 0.05) is 6.20 Å². The van der Waals surface area contributed by atoms with Crippen LogP contribution in [0.1, 0.15) is 5.69 Å². The minimum atomic E-state index is 0.663. The zero-order valence-electron chi connectivity index (χ0n) is 8.82. The third-order valence-corrected chi connectivity index (χ3v) is 3.36. The van der Waals surface area contributed by atoms with Crippen molar-refractivity contribution >= 4 is 23.1 Å². The number of rotatable bonds is 2. The van der Waals surface area contributed by atoms with Crippen molar-refractivity contribution in [1.29, 1.82) is 0 Å². The van der Waals surface area contributed by atoms with E-state index in [1.807, 2.05) is 46.3 Å². The average molecular weight is 243 g/mol. The maximum Gasteiger partial charge on any atom is 0.155 e. The first kappa shape index (κ1) is 10.0. The van der Waals surface area contributed by atoms with Crippen molar-refractivity contribution < 1.29 is 5.21 Å². The molecule has 1 N–H and O–H groups in total. The number of oxime groups is 1. The Morgan fingerprint density at radius 2 is 2.24 bits per heavy atom. The first-order chi connectivity index (χ1) is 8.40. The van der Waals surface area contributed by atoms with E-state index in [-0.39, 0.29) is 0 Å². The van der Waals surface area contributed by atoms with Gasteiger partial charge in [0.1, 0.15) is 5.69 Å². The Morgan fingerprint density at radius 1 is 1.29 bits per heavy atom. The molecule has 0 aromatic carbocycles. The number of hydrogen-bond donors (Lipinski definition) is 1. The Hall–Kier alpha value is -2.14. The fourth-order valence-electron chi connectivity index (χ4n) is 1.79. The van der Waals surface area contributed by atoms with Crippen molar-refractivity contribution in [2.24, 2.45) is 5.16 Å². The summed E-state index contributed by atoms with van der Waals surface area (Å²) < 4.78 is 1.99. The summed E-state index contributed by atoms with van der Waals surface area (Å²) in [7, 11) is 0. The minimum Gasteiger partial charge on any atom is -0.411 e. The quantitative estimate of drug-likeness (QED) is 0.427. The van der Waals surface area contributed by atoms with Crippen LogP contribution in [0.5, 0.6) is 0 Å². The molecule has 17 heavy (non-hydrogen) atoms. The van der Waals surface area contributed by atoms with Crippen molar-refractivity contribution in [2.45, 2.75) is 0 Å². The predicted molar refractivity (Wildman–Crippen MR) is 67.9 cm³/mol. The third-order valence-electron chi connectivity index (χ3n) is 2.50. The van der Waals surface area contributed by atoms with Crippen LogP contribution in [0.15, 0.2) is 47.1 Å². The smallest absolute Gasteiger partial charge is 0.155 e. The van der Waals surface area contributed by atoms with Gasteiger partial charge in [0.15, 0.2) is 5.82 Å². The Bertz CT molecular complexity index is 670. The van der Waals surface area contributed by atoms with Gasteiger partial charge in [-0.2, -0.15) is 0 Å². The SMILES string of the molecule is O/N=C/c1nc(-c2cccs2)n2ccccc12. The van der Waals surface area contributed by atoms with Gasteiger partial charge in [0.25, 0.3) is 0 Å². The molecule has 0 aliphatic rings. The topological polar surface area (TPSA) is 49.9 Å². The van der Waals surface area contributed by atoms with Gasteiger partial charge in [0.05, 0.1) is 16.6 Å². The molecule has 3 aromatic rings. The number of nitrogens with zero attached hydrogens (tertiary/aromatic N) is 3. The molecule has 3 aromatic heterocycles. The summed E-state index contributed by atoms with van der Waals surface area (Å²) in [5, 5.41) is 13.7. The fourth-order valence-corrected chi connectivity index (χ4v) is 2.50. The lowest BCUT2D eigenvalue weighted by Crippen LogP contribution is -1.85. The summed E-state index contributed by atoms with van der Waals surface area (Å²) in [5.41, 5.74) is 1.59. The second kappa shape index (κ2) is 4.03. The highest BCUT2D eigenvalue weighted by molar-refractivity contribution is 7.13. The van der Waals surface area contributed by atoms with Gasteiger partial charge in [-0.1, -0.05) is 17.3 Å². The molecule has 5 heteroatoms. The lowest BCUT2D eigenvalue weighted by molar-refractivity contribution is 0.322. The summed E-state index contributed by atoms with van der Waals surface area (Å²) in [6, 6.07) is 9.84. The molecule has 0 spiro atoms. The van der Waals surface area contributed by atoms with Crippen LogP contribution in [0, 0.1) is 0 Å². The minimum absolute atomic E-state index is 0.663. The zero-order chi connectivity index (χ0) is 11.7. The number of thiophene rings is 1. The summed E-state index contributed by atoms with van der Waals surface area (Å²) >= 11 is 1.63. The van der Waals surface area contributed by atoms with Crippen molar-refractivity contribution in [2.75, 3.05) is 0 Å². The highest BCUT2D eigenvalue weighted by Crippen LogP contribution is 2.25. The Labute approximate surface area is 101 Å². The van der Waals surface area contributed by atoms with E-state index in [9.17, 15) is 0 Å². The van der Waals surface area contributed by atoms with Crippen LogP contribution in [0.3, 0.4) is 0 Å². The molecule has 0 saturated heterocycles. The van der Waals surface area contributed by atoms with Crippen LogP contribution in [-0.4, -0.2) is 20.8 Å². The molecule has 3 heterocycles. The lowest BCUT2D eigenvalue weighted by atomic mass is 10.3. The van der Waals surface area contributed by atoms with Crippen LogP contribution in [0.2, 0.25) is 0 Å². The Morgan fingerprint density at radius 3 is 3.00 bits per heavy atom. The summed E-state index contributed by atoms with van der Waals surface area (Å²) in [6.45, 7) is 0. The first-order valence-electron chi connectivity index (χ1n) is 5.08. The molecule has 0 atom stereocenters. The fraction of sp³-hybridized carbons (Fsp3) is 0. The van der Waals surface area contributed by atoms with E-state index in [0.717, 1.165) is 16.2 Å². The van der Waals surface area contributed by atoms with Gasteiger partial charge >= 0.3 is 0 Å². The lowest BCUT2D eigenvalue weighted by Gasteiger charge is -1.96. The molecule has 0 aliphatic carbocycles. The molecule has 0 saturated carbocycles. The Kier molecular flexibility index (Phi) is 2.38. The molecule has 84 valence electrons. The third kappa shape index (κ3) is 1.60. The summed E-state index contributed by atoms with van der Waals surface area (Å²) in [5.74, 6) is 0.866.